The molecule has 1 aliphatic rings. The number of rotatable bonds is 0. The number of nitrogens with zero attached hydrogens (tertiary/aromatic N) is 1. The molecule has 0 fully saturated rings. The van der Waals surface area contributed by atoms with E-state index in [1.54, 1.807) is 6.07 Å². The zero-order valence-electron chi connectivity index (χ0n) is 8.41. The summed E-state index contributed by atoms with van der Waals surface area (Å²) in [5.74, 6) is -0.168. The summed E-state index contributed by atoms with van der Waals surface area (Å²) in [6.45, 7) is 0.906. The van der Waals surface area contributed by atoms with E-state index in [1.807, 2.05) is 6.07 Å². The first-order chi connectivity index (χ1) is 7.24. The Balaban J connectivity index is 2.24. The van der Waals surface area contributed by atoms with Crippen LogP contribution in [0.1, 0.15) is 12.1 Å². The molecule has 0 bridgehead atoms. The molecule has 1 aliphatic heterocycles. The van der Waals surface area contributed by atoms with E-state index in [9.17, 15) is 4.39 Å². The van der Waals surface area contributed by atoms with Gasteiger partial charge in [0, 0.05) is 30.1 Å². The van der Waals surface area contributed by atoms with Gasteiger partial charge in [0.05, 0.1) is 5.52 Å². The second-order valence-electron chi connectivity index (χ2n) is 4.24. The van der Waals surface area contributed by atoms with Gasteiger partial charge in [-0.2, -0.15) is 0 Å². The molecule has 2 N–H and O–H groups in total. The molecule has 3 rings (SSSR count). The highest BCUT2D eigenvalue weighted by molar-refractivity contribution is 5.81. The maximum absolute atomic E-state index is 13.1. The molecule has 0 aliphatic carbocycles. The molecular weight excluding hydrogens is 191 g/mol. The van der Waals surface area contributed by atoms with E-state index in [-0.39, 0.29) is 11.9 Å². The molecule has 2 aromatic rings. The van der Waals surface area contributed by atoms with Crippen LogP contribution in [0.15, 0.2) is 24.3 Å². The molecule has 2 heterocycles. The van der Waals surface area contributed by atoms with Crippen molar-refractivity contribution >= 4 is 10.9 Å². The predicted octanol–water partition coefficient (Wildman–Crippen LogP) is 2.05. The van der Waals surface area contributed by atoms with Gasteiger partial charge >= 0.3 is 0 Å². The van der Waals surface area contributed by atoms with Gasteiger partial charge in [0.1, 0.15) is 5.82 Å². The SMILES string of the molecule is NC1CCn2c(cc3ccc(F)cc32)C1. The van der Waals surface area contributed by atoms with E-state index in [0.29, 0.717) is 0 Å². The highest BCUT2D eigenvalue weighted by atomic mass is 19.1. The molecule has 0 radical (unpaired) electrons. The molecule has 1 aromatic carbocycles. The molecule has 0 spiro atoms. The average Bonchev–Trinajstić information content (AvgIpc) is 2.54. The van der Waals surface area contributed by atoms with E-state index in [4.69, 9.17) is 5.73 Å². The first-order valence-electron chi connectivity index (χ1n) is 5.27. The Kier molecular flexibility index (Phi) is 1.83. The molecule has 3 heteroatoms. The molecule has 1 atom stereocenters. The van der Waals surface area contributed by atoms with Crippen LogP contribution in [0.5, 0.6) is 0 Å². The van der Waals surface area contributed by atoms with Crippen molar-refractivity contribution in [2.24, 2.45) is 5.73 Å². The van der Waals surface area contributed by atoms with Gasteiger partial charge in [-0.25, -0.2) is 4.39 Å². The summed E-state index contributed by atoms with van der Waals surface area (Å²) >= 11 is 0. The standard InChI is InChI=1S/C12H13FN2/c13-9-2-1-8-5-11-7-10(14)3-4-15(11)12(8)6-9/h1-2,5-6,10H,3-4,7,14H2. The number of hydrogen-bond acceptors (Lipinski definition) is 1. The first kappa shape index (κ1) is 8.92. The molecule has 1 unspecified atom stereocenters. The summed E-state index contributed by atoms with van der Waals surface area (Å²) in [6.07, 6.45) is 1.88. The highest BCUT2D eigenvalue weighted by Crippen LogP contribution is 2.25. The zero-order valence-corrected chi connectivity index (χ0v) is 8.41. The number of benzene rings is 1. The maximum Gasteiger partial charge on any atom is 0.125 e. The highest BCUT2D eigenvalue weighted by Gasteiger charge is 2.17. The van der Waals surface area contributed by atoms with Crippen molar-refractivity contribution < 1.29 is 4.39 Å². The Hall–Kier alpha value is -1.35. The van der Waals surface area contributed by atoms with Crippen molar-refractivity contribution in [1.82, 2.24) is 4.57 Å². The summed E-state index contributed by atoms with van der Waals surface area (Å²) in [4.78, 5) is 0. The lowest BCUT2D eigenvalue weighted by atomic mass is 10.1. The van der Waals surface area contributed by atoms with Gasteiger partial charge in [-0.1, -0.05) is 0 Å². The topological polar surface area (TPSA) is 30.9 Å². The predicted molar refractivity (Wildman–Crippen MR) is 58.2 cm³/mol. The van der Waals surface area contributed by atoms with E-state index < -0.39 is 0 Å². The number of hydrogen-bond donors (Lipinski definition) is 1. The normalized spacial score (nSPS) is 20.5. The number of halogens is 1. The second-order valence-corrected chi connectivity index (χ2v) is 4.24. The van der Waals surface area contributed by atoms with Crippen molar-refractivity contribution in [3.05, 3.63) is 35.8 Å². The van der Waals surface area contributed by atoms with Crippen molar-refractivity contribution in [3.63, 3.8) is 0 Å². The Morgan fingerprint density at radius 2 is 2.20 bits per heavy atom. The van der Waals surface area contributed by atoms with Gasteiger partial charge in [-0.3, -0.25) is 0 Å². The average molecular weight is 204 g/mol. The van der Waals surface area contributed by atoms with Crippen LogP contribution in [0.2, 0.25) is 0 Å². The van der Waals surface area contributed by atoms with Gasteiger partial charge in [0.15, 0.2) is 0 Å². The number of aryl methyl sites for hydroxylation is 1. The van der Waals surface area contributed by atoms with Crippen molar-refractivity contribution in [2.45, 2.75) is 25.4 Å². The number of nitrogens with two attached hydrogens (primary N) is 1. The summed E-state index contributed by atoms with van der Waals surface area (Å²) in [7, 11) is 0. The van der Waals surface area contributed by atoms with Crippen LogP contribution >= 0.6 is 0 Å². The quantitative estimate of drug-likeness (QED) is 0.699. The molecular formula is C12H13FN2. The molecule has 2 nitrogen and oxygen atoms in total. The third kappa shape index (κ3) is 1.35. The van der Waals surface area contributed by atoms with Crippen LogP contribution < -0.4 is 5.73 Å². The fourth-order valence-electron chi connectivity index (χ4n) is 2.38. The fourth-order valence-corrected chi connectivity index (χ4v) is 2.38. The summed E-state index contributed by atoms with van der Waals surface area (Å²) < 4.78 is 15.3. The minimum atomic E-state index is -0.168. The van der Waals surface area contributed by atoms with E-state index in [0.717, 1.165) is 30.3 Å². The Morgan fingerprint density at radius 3 is 3.07 bits per heavy atom. The lowest BCUT2D eigenvalue weighted by molar-refractivity contribution is 0.480. The second kappa shape index (κ2) is 3.07. The van der Waals surface area contributed by atoms with Crippen LogP contribution in [0.4, 0.5) is 4.39 Å². The smallest absolute Gasteiger partial charge is 0.125 e. The Bertz CT molecular complexity index is 516. The first-order valence-corrected chi connectivity index (χ1v) is 5.27. The minimum Gasteiger partial charge on any atom is -0.344 e. The lowest BCUT2D eigenvalue weighted by Gasteiger charge is -2.21. The maximum atomic E-state index is 13.1. The molecule has 0 saturated heterocycles. The van der Waals surface area contributed by atoms with Crippen molar-refractivity contribution in [3.8, 4) is 0 Å². The van der Waals surface area contributed by atoms with Crippen molar-refractivity contribution in [2.75, 3.05) is 0 Å². The third-order valence-electron chi connectivity index (χ3n) is 3.15. The van der Waals surface area contributed by atoms with E-state index in [1.165, 1.54) is 11.8 Å². The molecule has 15 heavy (non-hydrogen) atoms. The van der Waals surface area contributed by atoms with Crippen LogP contribution in [0.3, 0.4) is 0 Å². The fraction of sp³-hybridized carbons (Fsp3) is 0.333. The summed E-state index contributed by atoms with van der Waals surface area (Å²) in [5.41, 5.74) is 8.14. The van der Waals surface area contributed by atoms with Gasteiger partial charge < -0.3 is 10.3 Å². The van der Waals surface area contributed by atoms with Crippen molar-refractivity contribution in [1.29, 1.82) is 0 Å². The van der Waals surface area contributed by atoms with Gasteiger partial charge in [0.2, 0.25) is 0 Å². The van der Waals surface area contributed by atoms with Crippen LogP contribution in [0.25, 0.3) is 10.9 Å². The van der Waals surface area contributed by atoms with Crippen LogP contribution in [0, 0.1) is 5.82 Å². The summed E-state index contributed by atoms with van der Waals surface area (Å²) in [5, 5.41) is 1.11. The third-order valence-corrected chi connectivity index (χ3v) is 3.15. The molecule has 78 valence electrons. The van der Waals surface area contributed by atoms with Gasteiger partial charge in [-0.05, 0) is 30.7 Å². The largest absolute Gasteiger partial charge is 0.344 e. The Morgan fingerprint density at radius 1 is 1.33 bits per heavy atom. The molecule has 1 aromatic heterocycles. The van der Waals surface area contributed by atoms with Gasteiger partial charge in [-0.15, -0.1) is 0 Å². The number of fused-ring (bicyclic) bond motifs is 3. The zero-order chi connectivity index (χ0) is 10.4. The summed E-state index contributed by atoms with van der Waals surface area (Å²) in [6, 6.07) is 7.32. The molecule has 0 amide bonds. The number of aromatic nitrogens is 1. The molecule has 0 saturated carbocycles. The minimum absolute atomic E-state index is 0.168. The van der Waals surface area contributed by atoms with Crippen LogP contribution in [-0.4, -0.2) is 10.6 Å². The van der Waals surface area contributed by atoms with E-state index in [2.05, 4.69) is 10.6 Å². The monoisotopic (exact) mass is 204 g/mol. The Labute approximate surface area is 87.5 Å². The van der Waals surface area contributed by atoms with Crippen LogP contribution in [-0.2, 0) is 13.0 Å². The van der Waals surface area contributed by atoms with E-state index >= 15 is 0 Å². The van der Waals surface area contributed by atoms with Gasteiger partial charge in [0.25, 0.3) is 0 Å². The lowest BCUT2D eigenvalue weighted by Crippen LogP contribution is -2.30.